The largest absolute Gasteiger partial charge is 0.497 e. The highest BCUT2D eigenvalue weighted by Gasteiger charge is 2.37. The van der Waals surface area contributed by atoms with Gasteiger partial charge in [-0.05, 0) is 55.5 Å². The standard InChI is InChI=1S/C30H32F3N3O5.CH4/c1-30(23-12-20(34)8-11-24(23)31)15-27(28(32)33)41-29(35-30)36(16-18-6-9-21(37-2)13-25(18)39-4)17-19-7-10-22(38-3)14-26(19)40-5;/h6-15,28H,16-17,34H2,1-5H3;1H4/t30-;/m0./s1. The van der Waals surface area contributed by atoms with Gasteiger partial charge in [0.05, 0.1) is 41.5 Å². The molecule has 3 aromatic rings. The van der Waals surface area contributed by atoms with Crippen LogP contribution in [0.3, 0.4) is 0 Å². The first-order chi connectivity index (χ1) is 19.6. The second-order valence-corrected chi connectivity index (χ2v) is 9.44. The van der Waals surface area contributed by atoms with Crippen molar-refractivity contribution in [1.29, 1.82) is 0 Å². The van der Waals surface area contributed by atoms with Gasteiger partial charge in [0.2, 0.25) is 0 Å². The average molecular weight is 588 g/mol. The first-order valence-electron chi connectivity index (χ1n) is 12.6. The Bertz CT molecular complexity index is 1410. The Morgan fingerprint density at radius 2 is 1.40 bits per heavy atom. The topological polar surface area (TPSA) is 87.8 Å². The van der Waals surface area contributed by atoms with Crippen molar-refractivity contribution >= 4 is 11.7 Å². The number of aliphatic imine (C=N–C) groups is 1. The molecular formula is C31H36F3N3O5. The van der Waals surface area contributed by atoms with Crippen LogP contribution in [-0.2, 0) is 23.4 Å². The highest BCUT2D eigenvalue weighted by atomic mass is 19.3. The first-order valence-corrected chi connectivity index (χ1v) is 12.6. The minimum absolute atomic E-state index is 0. The first kappa shape index (κ1) is 32.0. The molecule has 2 N–H and O–H groups in total. The second kappa shape index (κ2) is 13.4. The molecule has 0 saturated carbocycles. The molecule has 0 unspecified atom stereocenters. The van der Waals surface area contributed by atoms with E-state index in [0.29, 0.717) is 34.1 Å². The summed E-state index contributed by atoms with van der Waals surface area (Å²) in [4.78, 5) is 6.32. The van der Waals surface area contributed by atoms with E-state index in [4.69, 9.17) is 29.4 Å². The Labute approximate surface area is 244 Å². The van der Waals surface area contributed by atoms with E-state index < -0.39 is 23.5 Å². The Balaban J connectivity index is 0.00000484. The van der Waals surface area contributed by atoms with Crippen LogP contribution in [0.2, 0.25) is 0 Å². The number of benzene rings is 3. The molecule has 1 heterocycles. The van der Waals surface area contributed by atoms with Crippen LogP contribution in [0.1, 0.15) is 31.0 Å². The molecule has 11 heteroatoms. The molecule has 0 amide bonds. The molecule has 0 saturated heterocycles. The molecule has 226 valence electrons. The number of ether oxygens (including phenoxy) is 5. The number of hydrogen-bond donors (Lipinski definition) is 1. The maximum Gasteiger partial charge on any atom is 0.295 e. The number of nitrogens with zero attached hydrogens (tertiary/aromatic N) is 2. The zero-order chi connectivity index (χ0) is 29.7. The van der Waals surface area contributed by atoms with Gasteiger partial charge in [-0.25, -0.2) is 18.2 Å². The minimum Gasteiger partial charge on any atom is -0.497 e. The van der Waals surface area contributed by atoms with Crippen molar-refractivity contribution in [2.45, 2.75) is 39.4 Å². The molecule has 3 aromatic carbocycles. The van der Waals surface area contributed by atoms with Crippen LogP contribution in [-0.4, -0.2) is 45.8 Å². The van der Waals surface area contributed by atoms with Gasteiger partial charge in [-0.15, -0.1) is 0 Å². The molecule has 4 rings (SSSR count). The molecule has 1 aliphatic heterocycles. The number of methoxy groups -OCH3 is 4. The Morgan fingerprint density at radius 3 is 1.88 bits per heavy atom. The Morgan fingerprint density at radius 1 is 0.857 bits per heavy atom. The van der Waals surface area contributed by atoms with E-state index in [1.54, 1.807) is 41.3 Å². The van der Waals surface area contributed by atoms with Crippen LogP contribution in [0.15, 0.2) is 71.4 Å². The fourth-order valence-electron chi connectivity index (χ4n) is 4.54. The minimum atomic E-state index is -2.99. The van der Waals surface area contributed by atoms with E-state index in [1.165, 1.54) is 53.6 Å². The number of amidine groups is 1. The molecule has 0 spiro atoms. The van der Waals surface area contributed by atoms with Crippen LogP contribution < -0.4 is 24.7 Å². The van der Waals surface area contributed by atoms with E-state index in [-0.39, 0.29) is 37.8 Å². The SMILES string of the molecule is C.COc1ccc(CN(Cc2ccc(OC)cc2OC)C2=N[C@](C)(c3cc(N)ccc3F)C=C(C(F)F)O2)c(OC)c1. The predicted molar refractivity (Wildman–Crippen MR) is 156 cm³/mol. The zero-order valence-electron chi connectivity index (χ0n) is 23.4. The Kier molecular flexibility index (Phi) is 10.2. The fraction of sp³-hybridized carbons (Fsp3) is 0.323. The summed E-state index contributed by atoms with van der Waals surface area (Å²) in [5.41, 5.74) is 6.05. The van der Waals surface area contributed by atoms with E-state index in [2.05, 4.69) is 4.99 Å². The number of alkyl halides is 2. The van der Waals surface area contributed by atoms with Crippen LogP contribution in [0.4, 0.5) is 18.9 Å². The van der Waals surface area contributed by atoms with Gasteiger partial charge in [0.1, 0.15) is 34.4 Å². The number of nitrogen functional groups attached to an aromatic ring is 1. The van der Waals surface area contributed by atoms with Crippen LogP contribution in [0.5, 0.6) is 23.0 Å². The third-order valence-electron chi connectivity index (χ3n) is 6.69. The number of rotatable bonds is 10. The van der Waals surface area contributed by atoms with Gasteiger partial charge >= 0.3 is 0 Å². The van der Waals surface area contributed by atoms with Gasteiger partial charge in [-0.1, -0.05) is 7.43 Å². The van der Waals surface area contributed by atoms with Crippen molar-refractivity contribution in [1.82, 2.24) is 4.90 Å². The van der Waals surface area contributed by atoms with Gasteiger partial charge in [0, 0.05) is 34.5 Å². The van der Waals surface area contributed by atoms with E-state index >= 15 is 4.39 Å². The molecular weight excluding hydrogens is 551 g/mol. The summed E-state index contributed by atoms with van der Waals surface area (Å²) in [5, 5.41) is 0. The quantitative estimate of drug-likeness (QED) is 0.270. The third kappa shape index (κ3) is 6.84. The van der Waals surface area contributed by atoms with Crippen molar-refractivity contribution in [3.05, 3.63) is 88.9 Å². The molecule has 0 bridgehead atoms. The molecule has 0 aliphatic carbocycles. The molecule has 0 radical (unpaired) electrons. The smallest absolute Gasteiger partial charge is 0.295 e. The van der Waals surface area contributed by atoms with Crippen LogP contribution in [0, 0.1) is 5.82 Å². The third-order valence-corrected chi connectivity index (χ3v) is 6.69. The fourth-order valence-corrected chi connectivity index (χ4v) is 4.54. The van der Waals surface area contributed by atoms with Gasteiger partial charge in [0.25, 0.3) is 12.4 Å². The van der Waals surface area contributed by atoms with Crippen molar-refractivity contribution in [3.63, 3.8) is 0 Å². The highest BCUT2D eigenvalue weighted by molar-refractivity contribution is 5.77. The van der Waals surface area contributed by atoms with Gasteiger partial charge < -0.3 is 34.3 Å². The van der Waals surface area contributed by atoms with Gasteiger partial charge in [0.15, 0.2) is 5.76 Å². The summed E-state index contributed by atoms with van der Waals surface area (Å²) >= 11 is 0. The van der Waals surface area contributed by atoms with Gasteiger partial charge in [-0.2, -0.15) is 0 Å². The lowest BCUT2D eigenvalue weighted by molar-refractivity contribution is 0.113. The predicted octanol–water partition coefficient (Wildman–Crippen LogP) is 6.53. The average Bonchev–Trinajstić information content (AvgIpc) is 2.97. The number of halogens is 3. The summed E-state index contributed by atoms with van der Waals surface area (Å²) in [6, 6.07) is 14.3. The summed E-state index contributed by atoms with van der Waals surface area (Å²) in [6.07, 6.45) is -1.88. The summed E-state index contributed by atoms with van der Waals surface area (Å²) in [5.74, 6) is 0.855. The lowest BCUT2D eigenvalue weighted by Gasteiger charge is -2.34. The molecule has 1 atom stereocenters. The summed E-state index contributed by atoms with van der Waals surface area (Å²) in [7, 11) is 6.10. The molecule has 0 aromatic heterocycles. The van der Waals surface area contributed by atoms with Crippen molar-refractivity contribution in [3.8, 4) is 23.0 Å². The lowest BCUT2D eigenvalue weighted by Crippen LogP contribution is -2.38. The number of hydrogen-bond acceptors (Lipinski definition) is 8. The van der Waals surface area contributed by atoms with Crippen LogP contribution in [0.25, 0.3) is 0 Å². The monoisotopic (exact) mass is 587 g/mol. The van der Waals surface area contributed by atoms with Crippen molar-refractivity contribution in [2.75, 3.05) is 34.2 Å². The zero-order valence-corrected chi connectivity index (χ0v) is 23.4. The normalized spacial score (nSPS) is 16.0. The number of nitrogens with two attached hydrogens (primary N) is 1. The number of anilines is 1. The Hall–Kier alpha value is -4.54. The highest BCUT2D eigenvalue weighted by Crippen LogP contribution is 2.38. The maximum absolute atomic E-state index is 15.0. The van der Waals surface area contributed by atoms with Gasteiger partial charge in [-0.3, -0.25) is 0 Å². The summed E-state index contributed by atoms with van der Waals surface area (Å²) in [6.45, 7) is 1.76. The molecule has 0 fully saturated rings. The molecule has 1 aliphatic rings. The van der Waals surface area contributed by atoms with E-state index in [0.717, 1.165) is 6.08 Å². The maximum atomic E-state index is 15.0. The van der Waals surface area contributed by atoms with Crippen LogP contribution >= 0.6 is 0 Å². The van der Waals surface area contributed by atoms with E-state index in [1.807, 2.05) is 0 Å². The van der Waals surface area contributed by atoms with Crippen molar-refractivity contribution in [2.24, 2.45) is 4.99 Å². The second-order valence-electron chi connectivity index (χ2n) is 9.44. The number of allylic oxidation sites excluding steroid dienone is 1. The molecule has 8 nitrogen and oxygen atoms in total. The lowest BCUT2D eigenvalue weighted by atomic mass is 9.90. The van der Waals surface area contributed by atoms with E-state index in [9.17, 15) is 8.78 Å². The summed E-state index contributed by atoms with van der Waals surface area (Å²) < 4.78 is 70.9. The molecule has 42 heavy (non-hydrogen) atoms. The van der Waals surface area contributed by atoms with Crippen molar-refractivity contribution < 1.29 is 36.9 Å².